The summed E-state index contributed by atoms with van der Waals surface area (Å²) in [4.78, 5) is 13.1. The maximum absolute atomic E-state index is 12.1. The Hall–Kier alpha value is -2.30. The van der Waals surface area contributed by atoms with E-state index >= 15 is 0 Å². The van der Waals surface area contributed by atoms with Crippen molar-refractivity contribution >= 4 is 34.1 Å². The maximum atomic E-state index is 12.1. The first-order valence-corrected chi connectivity index (χ1v) is 8.34. The van der Waals surface area contributed by atoms with Crippen molar-refractivity contribution < 1.29 is 9.90 Å². The van der Waals surface area contributed by atoms with Gasteiger partial charge in [-0.2, -0.15) is 0 Å². The highest BCUT2D eigenvalue weighted by Crippen LogP contribution is 2.23. The van der Waals surface area contributed by atoms with Gasteiger partial charge in [0.25, 0.3) is 0 Å². The molecule has 0 fully saturated rings. The molecule has 0 unspecified atom stereocenters. The Morgan fingerprint density at radius 3 is 2.61 bits per heavy atom. The van der Waals surface area contributed by atoms with Crippen molar-refractivity contribution in [1.82, 2.24) is 0 Å². The van der Waals surface area contributed by atoms with Crippen molar-refractivity contribution in [3.8, 4) is 0 Å². The number of nitrogens with one attached hydrogen (secondary N) is 1. The molecular formula is C19H17NO2S. The van der Waals surface area contributed by atoms with Crippen LogP contribution in [0.4, 0.5) is 5.69 Å². The summed E-state index contributed by atoms with van der Waals surface area (Å²) in [6.07, 6.45) is 0. The molecule has 1 amide bonds. The summed E-state index contributed by atoms with van der Waals surface area (Å²) in [5.41, 5.74) is 1.49. The molecule has 0 saturated heterocycles. The number of aliphatic hydroxyl groups is 1. The van der Waals surface area contributed by atoms with Gasteiger partial charge < -0.3 is 10.4 Å². The molecular weight excluding hydrogens is 306 g/mol. The van der Waals surface area contributed by atoms with E-state index in [1.54, 1.807) is 6.07 Å². The lowest BCUT2D eigenvalue weighted by Crippen LogP contribution is -2.14. The van der Waals surface area contributed by atoms with Gasteiger partial charge in [-0.25, -0.2) is 0 Å². The summed E-state index contributed by atoms with van der Waals surface area (Å²) in [7, 11) is 0. The standard InChI is InChI=1S/C19H17NO2S/c21-12-14-4-3-7-17(10-14)20-19(22)13-23-18-9-8-15-5-1-2-6-16(15)11-18/h1-11,21H,12-13H2,(H,20,22). The van der Waals surface area contributed by atoms with Gasteiger partial charge in [0, 0.05) is 10.6 Å². The predicted octanol–water partition coefficient (Wildman–Crippen LogP) is 4.06. The number of aliphatic hydroxyl groups excluding tert-OH is 1. The summed E-state index contributed by atoms with van der Waals surface area (Å²) < 4.78 is 0. The number of carbonyl (C=O) groups excluding carboxylic acids is 1. The van der Waals surface area contributed by atoms with Gasteiger partial charge in [0.1, 0.15) is 0 Å². The average molecular weight is 323 g/mol. The minimum absolute atomic E-state index is 0.0322. The van der Waals surface area contributed by atoms with Crippen molar-refractivity contribution in [2.75, 3.05) is 11.1 Å². The van der Waals surface area contributed by atoms with E-state index in [9.17, 15) is 4.79 Å². The molecule has 0 bridgehead atoms. The molecule has 0 aliphatic heterocycles. The van der Waals surface area contributed by atoms with Crippen LogP contribution in [0.5, 0.6) is 0 Å². The molecule has 3 rings (SSSR count). The number of hydrogen-bond acceptors (Lipinski definition) is 3. The molecule has 3 nitrogen and oxygen atoms in total. The monoisotopic (exact) mass is 323 g/mol. The molecule has 4 heteroatoms. The Balaban J connectivity index is 1.61. The van der Waals surface area contributed by atoms with Gasteiger partial charge in [0.15, 0.2) is 0 Å². The first-order chi connectivity index (χ1) is 11.2. The summed E-state index contributed by atoms with van der Waals surface area (Å²) in [6.45, 7) is -0.0322. The minimum atomic E-state index is -0.0572. The van der Waals surface area contributed by atoms with Gasteiger partial charge in [-0.05, 0) is 40.6 Å². The second kappa shape index (κ2) is 7.31. The Morgan fingerprint density at radius 2 is 1.78 bits per heavy atom. The van der Waals surface area contributed by atoms with Crippen molar-refractivity contribution in [2.24, 2.45) is 0 Å². The van der Waals surface area contributed by atoms with Crippen molar-refractivity contribution in [3.05, 3.63) is 72.3 Å². The average Bonchev–Trinajstić information content (AvgIpc) is 2.60. The fourth-order valence-corrected chi connectivity index (χ4v) is 3.10. The number of hydrogen-bond donors (Lipinski definition) is 2. The highest BCUT2D eigenvalue weighted by Gasteiger charge is 2.05. The quantitative estimate of drug-likeness (QED) is 0.696. The number of thioether (sulfide) groups is 1. The fraction of sp³-hybridized carbons (Fsp3) is 0.105. The summed E-state index contributed by atoms with van der Waals surface area (Å²) >= 11 is 1.51. The lowest BCUT2D eigenvalue weighted by Gasteiger charge is -2.07. The number of anilines is 1. The molecule has 0 radical (unpaired) electrons. The Kier molecular flexibility index (Phi) is 4.95. The highest BCUT2D eigenvalue weighted by molar-refractivity contribution is 8.00. The van der Waals surface area contributed by atoms with E-state index in [0.717, 1.165) is 10.5 Å². The van der Waals surface area contributed by atoms with Crippen molar-refractivity contribution in [3.63, 3.8) is 0 Å². The van der Waals surface area contributed by atoms with Gasteiger partial charge in [0.2, 0.25) is 5.91 Å². The zero-order valence-corrected chi connectivity index (χ0v) is 13.3. The molecule has 0 aromatic heterocycles. The third-order valence-electron chi connectivity index (χ3n) is 3.48. The molecule has 0 saturated carbocycles. The molecule has 2 N–H and O–H groups in total. The van der Waals surface area contributed by atoms with E-state index in [2.05, 4.69) is 29.6 Å². The molecule has 0 aliphatic rings. The van der Waals surface area contributed by atoms with Gasteiger partial charge in [-0.15, -0.1) is 11.8 Å². The van der Waals surface area contributed by atoms with Gasteiger partial charge in [-0.1, -0.05) is 42.5 Å². The molecule has 116 valence electrons. The van der Waals surface area contributed by atoms with E-state index in [0.29, 0.717) is 11.4 Å². The van der Waals surface area contributed by atoms with Crippen LogP contribution in [0.25, 0.3) is 10.8 Å². The largest absolute Gasteiger partial charge is 0.392 e. The minimum Gasteiger partial charge on any atom is -0.392 e. The molecule has 0 aliphatic carbocycles. The lowest BCUT2D eigenvalue weighted by atomic mass is 10.1. The Labute approximate surface area is 139 Å². The number of benzene rings is 3. The van der Waals surface area contributed by atoms with Crippen LogP contribution in [0.3, 0.4) is 0 Å². The third kappa shape index (κ3) is 4.12. The van der Waals surface area contributed by atoms with Crippen LogP contribution in [0.15, 0.2) is 71.6 Å². The van der Waals surface area contributed by atoms with Crippen LogP contribution < -0.4 is 5.32 Å². The van der Waals surface area contributed by atoms with Crippen LogP contribution >= 0.6 is 11.8 Å². The summed E-state index contributed by atoms with van der Waals surface area (Å²) in [6, 6.07) is 21.6. The smallest absolute Gasteiger partial charge is 0.234 e. The van der Waals surface area contributed by atoms with E-state index in [4.69, 9.17) is 5.11 Å². The summed E-state index contributed by atoms with van der Waals surface area (Å²) in [5, 5.41) is 14.3. The van der Waals surface area contributed by atoms with Gasteiger partial charge >= 0.3 is 0 Å². The maximum Gasteiger partial charge on any atom is 0.234 e. The topological polar surface area (TPSA) is 49.3 Å². The van der Waals surface area contributed by atoms with E-state index in [1.165, 1.54) is 22.5 Å². The van der Waals surface area contributed by atoms with Crippen LogP contribution in [0.2, 0.25) is 0 Å². The normalized spacial score (nSPS) is 10.7. The van der Waals surface area contributed by atoms with Crippen molar-refractivity contribution in [1.29, 1.82) is 0 Å². The molecule has 3 aromatic carbocycles. The molecule has 0 heterocycles. The van der Waals surface area contributed by atoms with Crippen LogP contribution in [0.1, 0.15) is 5.56 Å². The van der Waals surface area contributed by atoms with Gasteiger partial charge in [-0.3, -0.25) is 4.79 Å². The van der Waals surface area contributed by atoms with E-state index in [1.807, 2.05) is 36.4 Å². The number of carbonyl (C=O) groups is 1. The molecule has 0 spiro atoms. The number of amides is 1. The van der Waals surface area contributed by atoms with Crippen LogP contribution in [-0.4, -0.2) is 16.8 Å². The molecule has 3 aromatic rings. The lowest BCUT2D eigenvalue weighted by molar-refractivity contribution is -0.113. The highest BCUT2D eigenvalue weighted by atomic mass is 32.2. The first-order valence-electron chi connectivity index (χ1n) is 7.36. The summed E-state index contributed by atoms with van der Waals surface area (Å²) in [5.74, 6) is 0.292. The SMILES string of the molecule is O=C(CSc1ccc2ccccc2c1)Nc1cccc(CO)c1. The second-order valence-electron chi connectivity index (χ2n) is 5.20. The zero-order chi connectivity index (χ0) is 16.1. The Morgan fingerprint density at radius 1 is 0.957 bits per heavy atom. The van der Waals surface area contributed by atoms with E-state index < -0.39 is 0 Å². The Bertz CT molecular complexity index is 832. The van der Waals surface area contributed by atoms with E-state index in [-0.39, 0.29) is 12.5 Å². The number of fused-ring (bicyclic) bond motifs is 1. The second-order valence-corrected chi connectivity index (χ2v) is 6.25. The fourth-order valence-electron chi connectivity index (χ4n) is 2.35. The molecule has 23 heavy (non-hydrogen) atoms. The van der Waals surface area contributed by atoms with Crippen LogP contribution in [0, 0.1) is 0 Å². The molecule has 0 atom stereocenters. The third-order valence-corrected chi connectivity index (χ3v) is 4.48. The van der Waals surface area contributed by atoms with Crippen molar-refractivity contribution in [2.45, 2.75) is 11.5 Å². The number of rotatable bonds is 5. The first kappa shape index (κ1) is 15.6. The predicted molar refractivity (Wildman–Crippen MR) is 95.7 cm³/mol. The van der Waals surface area contributed by atoms with Crippen LogP contribution in [-0.2, 0) is 11.4 Å². The van der Waals surface area contributed by atoms with Gasteiger partial charge in [0.05, 0.1) is 12.4 Å². The zero-order valence-electron chi connectivity index (χ0n) is 12.5.